The Bertz CT molecular complexity index is 1150. The van der Waals surface area contributed by atoms with Gasteiger partial charge in [0.2, 0.25) is 0 Å². The fourth-order valence-electron chi connectivity index (χ4n) is 3.28. The number of ether oxygens (including phenoxy) is 3. The van der Waals surface area contributed by atoms with Crippen LogP contribution >= 0.6 is 0 Å². The van der Waals surface area contributed by atoms with Gasteiger partial charge >= 0.3 is 0 Å². The van der Waals surface area contributed by atoms with Gasteiger partial charge in [0.15, 0.2) is 6.61 Å². The zero-order chi connectivity index (χ0) is 24.5. The van der Waals surface area contributed by atoms with E-state index in [4.69, 9.17) is 14.2 Å². The van der Waals surface area contributed by atoms with Crippen molar-refractivity contribution in [2.45, 2.75) is 27.7 Å². The summed E-state index contributed by atoms with van der Waals surface area (Å²) in [5.41, 5.74) is 3.39. The van der Waals surface area contributed by atoms with E-state index >= 15 is 0 Å². The van der Waals surface area contributed by atoms with Crippen LogP contribution < -0.4 is 24.8 Å². The van der Waals surface area contributed by atoms with Crippen molar-refractivity contribution >= 4 is 23.2 Å². The molecular formula is C27H30N2O5. The van der Waals surface area contributed by atoms with Crippen LogP contribution in [0.15, 0.2) is 60.7 Å². The lowest BCUT2D eigenvalue weighted by molar-refractivity contribution is -0.118. The molecule has 0 atom stereocenters. The number of carbonyl (C=O) groups excluding carboxylic acids is 2. The molecule has 34 heavy (non-hydrogen) atoms. The molecule has 3 aromatic rings. The van der Waals surface area contributed by atoms with Crippen molar-refractivity contribution in [3.05, 3.63) is 77.4 Å². The van der Waals surface area contributed by atoms with Gasteiger partial charge in [-0.05, 0) is 57.0 Å². The van der Waals surface area contributed by atoms with Crippen molar-refractivity contribution < 1.29 is 23.8 Å². The number of aryl methyl sites for hydroxylation is 2. The Hall–Kier alpha value is -4.00. The number of hydrogen-bond donors (Lipinski definition) is 2. The van der Waals surface area contributed by atoms with E-state index in [1.165, 1.54) is 0 Å². The van der Waals surface area contributed by atoms with E-state index in [1.54, 1.807) is 36.4 Å². The lowest BCUT2D eigenvalue weighted by Crippen LogP contribution is -2.21. The Morgan fingerprint density at radius 2 is 1.35 bits per heavy atom. The van der Waals surface area contributed by atoms with Crippen molar-refractivity contribution in [2.75, 3.05) is 30.5 Å². The molecule has 3 aromatic carbocycles. The van der Waals surface area contributed by atoms with Crippen LogP contribution in [0.4, 0.5) is 11.4 Å². The van der Waals surface area contributed by atoms with Crippen LogP contribution in [-0.2, 0) is 4.79 Å². The molecule has 0 saturated carbocycles. The second-order valence-corrected chi connectivity index (χ2v) is 7.64. The van der Waals surface area contributed by atoms with E-state index in [0.29, 0.717) is 47.4 Å². The molecule has 7 nitrogen and oxygen atoms in total. The average Bonchev–Trinajstić information content (AvgIpc) is 2.83. The third-order valence-electron chi connectivity index (χ3n) is 4.94. The van der Waals surface area contributed by atoms with Crippen LogP contribution in [0.3, 0.4) is 0 Å². The molecular weight excluding hydrogens is 432 g/mol. The van der Waals surface area contributed by atoms with Crippen LogP contribution in [0.1, 0.15) is 35.3 Å². The second-order valence-electron chi connectivity index (χ2n) is 7.64. The van der Waals surface area contributed by atoms with Gasteiger partial charge in [0.25, 0.3) is 11.8 Å². The largest absolute Gasteiger partial charge is 0.492 e. The summed E-state index contributed by atoms with van der Waals surface area (Å²) in [6.45, 7) is 8.17. The molecule has 0 saturated heterocycles. The van der Waals surface area contributed by atoms with Crippen molar-refractivity contribution in [3.8, 4) is 17.2 Å². The van der Waals surface area contributed by atoms with Gasteiger partial charge in [-0.3, -0.25) is 9.59 Å². The van der Waals surface area contributed by atoms with Gasteiger partial charge in [-0.1, -0.05) is 30.3 Å². The third kappa shape index (κ3) is 6.51. The molecule has 0 heterocycles. The fourth-order valence-corrected chi connectivity index (χ4v) is 3.28. The molecule has 0 aliphatic carbocycles. The summed E-state index contributed by atoms with van der Waals surface area (Å²) >= 11 is 0. The summed E-state index contributed by atoms with van der Waals surface area (Å²) in [5, 5.41) is 5.70. The van der Waals surface area contributed by atoms with E-state index < -0.39 is 0 Å². The Kier molecular flexibility index (Phi) is 8.51. The highest BCUT2D eigenvalue weighted by atomic mass is 16.5. The molecule has 0 aromatic heterocycles. The molecule has 0 bridgehead atoms. The predicted octanol–water partition coefficient (Wildman–Crippen LogP) is 5.37. The first kappa shape index (κ1) is 24.6. The molecule has 2 N–H and O–H groups in total. The van der Waals surface area contributed by atoms with Gasteiger partial charge in [0.05, 0.1) is 24.6 Å². The van der Waals surface area contributed by atoms with Crippen LogP contribution in [0.25, 0.3) is 0 Å². The quantitative estimate of drug-likeness (QED) is 0.423. The van der Waals surface area contributed by atoms with E-state index in [-0.39, 0.29) is 18.4 Å². The lowest BCUT2D eigenvalue weighted by atomic mass is 10.1. The normalized spacial score (nSPS) is 10.4. The summed E-state index contributed by atoms with van der Waals surface area (Å²) in [6, 6.07) is 18.0. The number of rotatable bonds is 10. The van der Waals surface area contributed by atoms with Gasteiger partial charge in [0.1, 0.15) is 17.2 Å². The first-order valence-corrected chi connectivity index (χ1v) is 11.2. The standard InChI is InChI=1S/C27H30N2O5/c1-5-32-24-16-22(29-27(31)20-10-8-7-9-11-20)25(33-6-2)15-21(24)28-26(30)17-34-23-14-18(3)12-13-19(23)4/h7-16H,5-6,17H2,1-4H3,(H,28,30)(H,29,31). The van der Waals surface area contributed by atoms with Crippen LogP contribution in [0.2, 0.25) is 0 Å². The fraction of sp³-hybridized carbons (Fsp3) is 0.259. The number of anilines is 2. The van der Waals surface area contributed by atoms with E-state index in [2.05, 4.69) is 10.6 Å². The molecule has 0 spiro atoms. The van der Waals surface area contributed by atoms with Crippen molar-refractivity contribution in [1.82, 2.24) is 0 Å². The zero-order valence-corrected chi connectivity index (χ0v) is 19.9. The van der Waals surface area contributed by atoms with Gasteiger partial charge in [0, 0.05) is 17.7 Å². The molecule has 0 radical (unpaired) electrons. The monoisotopic (exact) mass is 462 g/mol. The van der Waals surface area contributed by atoms with Gasteiger partial charge in [-0.15, -0.1) is 0 Å². The summed E-state index contributed by atoms with van der Waals surface area (Å²) in [4.78, 5) is 25.3. The van der Waals surface area contributed by atoms with E-state index in [1.807, 2.05) is 52.0 Å². The third-order valence-corrected chi connectivity index (χ3v) is 4.94. The molecule has 2 amide bonds. The maximum atomic E-state index is 12.7. The Labute approximate surface area is 200 Å². The number of amides is 2. The first-order chi connectivity index (χ1) is 16.4. The Balaban J connectivity index is 1.80. The van der Waals surface area contributed by atoms with E-state index in [0.717, 1.165) is 11.1 Å². The lowest BCUT2D eigenvalue weighted by Gasteiger charge is -2.18. The smallest absolute Gasteiger partial charge is 0.262 e. The van der Waals surface area contributed by atoms with Gasteiger partial charge < -0.3 is 24.8 Å². The number of benzene rings is 3. The molecule has 0 aliphatic rings. The molecule has 3 rings (SSSR count). The summed E-state index contributed by atoms with van der Waals surface area (Å²) in [6.07, 6.45) is 0. The molecule has 7 heteroatoms. The van der Waals surface area contributed by atoms with E-state index in [9.17, 15) is 9.59 Å². The minimum atomic E-state index is -0.342. The molecule has 0 aliphatic heterocycles. The maximum Gasteiger partial charge on any atom is 0.262 e. The number of hydrogen-bond acceptors (Lipinski definition) is 5. The summed E-state index contributed by atoms with van der Waals surface area (Å²) in [5.74, 6) is 0.873. The van der Waals surface area contributed by atoms with Crippen molar-refractivity contribution in [2.24, 2.45) is 0 Å². The number of nitrogens with one attached hydrogen (secondary N) is 2. The van der Waals surface area contributed by atoms with Crippen LogP contribution in [-0.4, -0.2) is 31.6 Å². The van der Waals surface area contributed by atoms with Crippen molar-refractivity contribution in [1.29, 1.82) is 0 Å². The highest BCUT2D eigenvalue weighted by Crippen LogP contribution is 2.37. The second kappa shape index (κ2) is 11.7. The highest BCUT2D eigenvalue weighted by molar-refractivity contribution is 6.05. The van der Waals surface area contributed by atoms with Gasteiger partial charge in [-0.25, -0.2) is 0 Å². The minimum Gasteiger partial charge on any atom is -0.492 e. The highest BCUT2D eigenvalue weighted by Gasteiger charge is 2.17. The SMILES string of the molecule is CCOc1cc(NC(=O)c2ccccc2)c(OCC)cc1NC(=O)COc1cc(C)ccc1C. The maximum absolute atomic E-state index is 12.7. The van der Waals surface area contributed by atoms with Crippen LogP contribution in [0, 0.1) is 13.8 Å². The van der Waals surface area contributed by atoms with Crippen molar-refractivity contribution in [3.63, 3.8) is 0 Å². The number of carbonyl (C=O) groups is 2. The summed E-state index contributed by atoms with van der Waals surface area (Å²) < 4.78 is 17.2. The van der Waals surface area contributed by atoms with Crippen LogP contribution in [0.5, 0.6) is 17.2 Å². The molecule has 0 fully saturated rings. The van der Waals surface area contributed by atoms with Gasteiger partial charge in [-0.2, -0.15) is 0 Å². The molecule has 178 valence electrons. The zero-order valence-electron chi connectivity index (χ0n) is 19.9. The predicted molar refractivity (Wildman–Crippen MR) is 133 cm³/mol. The Morgan fingerprint density at radius 3 is 1.97 bits per heavy atom. The summed E-state index contributed by atoms with van der Waals surface area (Å²) in [7, 11) is 0. The molecule has 0 unspecified atom stereocenters. The first-order valence-electron chi connectivity index (χ1n) is 11.2. The topological polar surface area (TPSA) is 85.9 Å². The minimum absolute atomic E-state index is 0.160. The average molecular weight is 463 g/mol. The Morgan fingerprint density at radius 1 is 0.735 bits per heavy atom.